The average molecular weight is 250 g/mol. The fourth-order valence-electron chi connectivity index (χ4n) is 1.23. The van der Waals surface area contributed by atoms with Crippen LogP contribution >= 0.6 is 0 Å². The number of hydrogen-bond donors (Lipinski definition) is 1. The van der Waals surface area contributed by atoms with Crippen LogP contribution in [0.15, 0.2) is 18.2 Å². The SMILES string of the molecule is COc1ccc([C@@H](N)C(F)(F)F)cc1[N+](=O)[O-]. The van der Waals surface area contributed by atoms with Crippen molar-refractivity contribution in [1.29, 1.82) is 0 Å². The Kier molecular flexibility index (Phi) is 3.56. The van der Waals surface area contributed by atoms with Gasteiger partial charge in [0.15, 0.2) is 5.75 Å². The Morgan fingerprint density at radius 1 is 1.47 bits per heavy atom. The second-order valence-electron chi connectivity index (χ2n) is 3.21. The van der Waals surface area contributed by atoms with Gasteiger partial charge >= 0.3 is 11.9 Å². The summed E-state index contributed by atoms with van der Waals surface area (Å²) in [5.74, 6) is -0.117. The molecule has 0 heterocycles. The van der Waals surface area contributed by atoms with Gasteiger partial charge in [-0.25, -0.2) is 0 Å². The number of benzene rings is 1. The number of nitro groups is 1. The van der Waals surface area contributed by atoms with Crippen LogP contribution in [0.4, 0.5) is 18.9 Å². The van der Waals surface area contributed by atoms with Crippen molar-refractivity contribution in [2.75, 3.05) is 7.11 Å². The number of halogens is 3. The lowest BCUT2D eigenvalue weighted by molar-refractivity contribution is -0.385. The summed E-state index contributed by atoms with van der Waals surface area (Å²) in [7, 11) is 1.19. The lowest BCUT2D eigenvalue weighted by atomic mass is 10.1. The molecule has 0 amide bonds. The zero-order chi connectivity index (χ0) is 13.2. The molecule has 0 aliphatic carbocycles. The lowest BCUT2D eigenvalue weighted by Gasteiger charge is -2.16. The standard InChI is InChI=1S/C9H9F3N2O3/c1-17-7-3-2-5(4-6(7)14(15)16)8(13)9(10,11)12/h2-4,8H,13H2,1H3/t8-/m1/s1. The third-order valence-electron chi connectivity index (χ3n) is 2.11. The van der Waals surface area contributed by atoms with Gasteiger partial charge in [-0.05, 0) is 11.6 Å². The van der Waals surface area contributed by atoms with E-state index >= 15 is 0 Å². The predicted octanol–water partition coefficient (Wildman–Crippen LogP) is 2.17. The van der Waals surface area contributed by atoms with Crippen molar-refractivity contribution in [2.24, 2.45) is 5.73 Å². The monoisotopic (exact) mass is 250 g/mol. The van der Waals surface area contributed by atoms with Crippen LogP contribution in [0.3, 0.4) is 0 Å². The maximum atomic E-state index is 12.3. The van der Waals surface area contributed by atoms with Gasteiger partial charge in [0, 0.05) is 6.07 Å². The minimum atomic E-state index is -4.65. The van der Waals surface area contributed by atoms with Crippen molar-refractivity contribution in [3.8, 4) is 5.75 Å². The zero-order valence-electron chi connectivity index (χ0n) is 8.69. The van der Waals surface area contributed by atoms with E-state index in [1.165, 1.54) is 7.11 Å². The molecular weight excluding hydrogens is 241 g/mol. The fourth-order valence-corrected chi connectivity index (χ4v) is 1.23. The largest absolute Gasteiger partial charge is 0.490 e. The molecule has 8 heteroatoms. The lowest BCUT2D eigenvalue weighted by Crippen LogP contribution is -2.28. The van der Waals surface area contributed by atoms with Crippen molar-refractivity contribution in [3.63, 3.8) is 0 Å². The quantitative estimate of drug-likeness (QED) is 0.658. The highest BCUT2D eigenvalue weighted by Crippen LogP contribution is 2.35. The number of hydrogen-bond acceptors (Lipinski definition) is 4. The van der Waals surface area contributed by atoms with Crippen LogP contribution < -0.4 is 10.5 Å². The van der Waals surface area contributed by atoms with E-state index in [0.717, 1.165) is 18.2 Å². The molecule has 0 saturated heterocycles. The first-order valence-corrected chi connectivity index (χ1v) is 4.42. The molecular formula is C9H9F3N2O3. The minimum absolute atomic E-state index is 0.117. The van der Waals surface area contributed by atoms with E-state index in [-0.39, 0.29) is 11.3 Å². The van der Waals surface area contributed by atoms with Gasteiger partial charge < -0.3 is 10.5 Å². The molecule has 1 aromatic rings. The number of rotatable bonds is 3. The van der Waals surface area contributed by atoms with Crippen molar-refractivity contribution in [2.45, 2.75) is 12.2 Å². The Hall–Kier alpha value is -1.83. The summed E-state index contributed by atoms with van der Waals surface area (Å²) < 4.78 is 41.6. The van der Waals surface area contributed by atoms with Gasteiger partial charge in [0.2, 0.25) is 0 Å². The second-order valence-corrected chi connectivity index (χ2v) is 3.21. The molecule has 0 bridgehead atoms. The number of nitro benzene ring substituents is 1. The number of nitrogens with zero attached hydrogens (tertiary/aromatic N) is 1. The maximum Gasteiger partial charge on any atom is 0.407 e. The average Bonchev–Trinajstić information content (AvgIpc) is 2.25. The molecule has 0 radical (unpaired) electrons. The van der Waals surface area contributed by atoms with E-state index in [4.69, 9.17) is 5.73 Å². The molecule has 1 aromatic carbocycles. The topological polar surface area (TPSA) is 78.4 Å². The van der Waals surface area contributed by atoms with E-state index in [1.54, 1.807) is 0 Å². The Labute approximate surface area is 94.1 Å². The summed E-state index contributed by atoms with van der Waals surface area (Å²) in [5.41, 5.74) is 4.01. The minimum Gasteiger partial charge on any atom is -0.490 e. The molecule has 0 unspecified atom stereocenters. The first kappa shape index (κ1) is 13.2. The van der Waals surface area contributed by atoms with Gasteiger partial charge in [-0.3, -0.25) is 10.1 Å². The van der Waals surface area contributed by atoms with Gasteiger partial charge in [0.25, 0.3) is 0 Å². The Balaban J connectivity index is 3.21. The molecule has 0 aliphatic rings. The molecule has 0 fully saturated rings. The number of methoxy groups -OCH3 is 1. The molecule has 1 rings (SSSR count). The third kappa shape index (κ3) is 2.84. The second kappa shape index (κ2) is 4.58. The van der Waals surface area contributed by atoms with Crippen LogP contribution in [0.1, 0.15) is 11.6 Å². The van der Waals surface area contributed by atoms with Crippen LogP contribution in [0.5, 0.6) is 5.75 Å². The van der Waals surface area contributed by atoms with E-state index in [9.17, 15) is 23.3 Å². The number of alkyl halides is 3. The predicted molar refractivity (Wildman–Crippen MR) is 52.6 cm³/mol. The van der Waals surface area contributed by atoms with Gasteiger partial charge in [-0.1, -0.05) is 6.07 Å². The Bertz CT molecular complexity index is 434. The molecule has 0 spiro atoms. The van der Waals surface area contributed by atoms with Crippen molar-refractivity contribution < 1.29 is 22.8 Å². The van der Waals surface area contributed by atoms with Crippen LogP contribution in [0.25, 0.3) is 0 Å². The van der Waals surface area contributed by atoms with Crippen LogP contribution in [-0.4, -0.2) is 18.2 Å². The molecule has 0 aromatic heterocycles. The van der Waals surface area contributed by atoms with Crippen molar-refractivity contribution >= 4 is 5.69 Å². The summed E-state index contributed by atoms with van der Waals surface area (Å²) >= 11 is 0. The van der Waals surface area contributed by atoms with E-state index < -0.39 is 22.8 Å². The highest BCUT2D eigenvalue weighted by Gasteiger charge is 2.38. The zero-order valence-corrected chi connectivity index (χ0v) is 8.69. The van der Waals surface area contributed by atoms with Crippen LogP contribution in [0, 0.1) is 10.1 Å². The van der Waals surface area contributed by atoms with E-state index in [1.807, 2.05) is 0 Å². The van der Waals surface area contributed by atoms with E-state index in [2.05, 4.69) is 4.74 Å². The fraction of sp³-hybridized carbons (Fsp3) is 0.333. The molecule has 0 aliphatic heterocycles. The molecule has 2 N–H and O–H groups in total. The normalized spacial score (nSPS) is 13.2. The first-order valence-electron chi connectivity index (χ1n) is 4.42. The van der Waals surface area contributed by atoms with Gasteiger partial charge in [-0.15, -0.1) is 0 Å². The molecule has 0 saturated carbocycles. The summed E-state index contributed by atoms with van der Waals surface area (Å²) in [6.07, 6.45) is -4.65. The van der Waals surface area contributed by atoms with Gasteiger partial charge in [0.1, 0.15) is 6.04 Å². The van der Waals surface area contributed by atoms with E-state index in [0.29, 0.717) is 0 Å². The summed E-state index contributed by atoms with van der Waals surface area (Å²) in [5, 5.41) is 10.6. The summed E-state index contributed by atoms with van der Waals surface area (Å²) in [6.45, 7) is 0. The maximum absolute atomic E-state index is 12.3. The molecule has 94 valence electrons. The van der Waals surface area contributed by atoms with Crippen LogP contribution in [-0.2, 0) is 0 Å². The molecule has 17 heavy (non-hydrogen) atoms. The summed E-state index contributed by atoms with van der Waals surface area (Å²) in [6, 6.07) is 0.632. The Morgan fingerprint density at radius 2 is 2.06 bits per heavy atom. The Morgan fingerprint density at radius 3 is 2.47 bits per heavy atom. The van der Waals surface area contributed by atoms with Crippen molar-refractivity contribution in [1.82, 2.24) is 0 Å². The van der Waals surface area contributed by atoms with Crippen LogP contribution in [0.2, 0.25) is 0 Å². The van der Waals surface area contributed by atoms with Gasteiger partial charge in [-0.2, -0.15) is 13.2 Å². The highest BCUT2D eigenvalue weighted by atomic mass is 19.4. The van der Waals surface area contributed by atoms with Gasteiger partial charge in [0.05, 0.1) is 12.0 Å². The first-order chi connectivity index (χ1) is 7.77. The third-order valence-corrected chi connectivity index (χ3v) is 2.11. The number of nitrogens with two attached hydrogens (primary N) is 1. The molecule has 5 nitrogen and oxygen atoms in total. The number of ether oxygens (including phenoxy) is 1. The highest BCUT2D eigenvalue weighted by molar-refractivity contribution is 5.49. The summed E-state index contributed by atoms with van der Waals surface area (Å²) in [4.78, 5) is 9.78. The smallest absolute Gasteiger partial charge is 0.407 e. The van der Waals surface area contributed by atoms with Crippen molar-refractivity contribution in [3.05, 3.63) is 33.9 Å². The molecule has 1 atom stereocenters.